The summed E-state index contributed by atoms with van der Waals surface area (Å²) >= 11 is 5.82. The number of aliphatic hydroxyl groups is 1. The number of rotatable bonds is 3. The van der Waals surface area contributed by atoms with Crippen LogP contribution in [0.1, 0.15) is 17.3 Å². The molecule has 1 fully saturated rings. The normalized spacial score (nSPS) is 18.9. The molecule has 0 atom stereocenters. The standard InChI is InChI=1S/C11H12ClNO5S/c1-11(16)5-13(6-11)19(17,18)9-4-7(10(14)15)2-3-8(9)12/h2-4,16H,5-6H2,1H3,(H,14,15). The van der Waals surface area contributed by atoms with Gasteiger partial charge in [-0.05, 0) is 25.1 Å². The molecule has 8 heteroatoms. The third kappa shape index (κ3) is 2.59. The van der Waals surface area contributed by atoms with Crippen LogP contribution in [-0.4, -0.2) is 47.6 Å². The molecule has 0 radical (unpaired) electrons. The van der Waals surface area contributed by atoms with Crippen LogP contribution in [-0.2, 0) is 10.0 Å². The fraction of sp³-hybridized carbons (Fsp3) is 0.364. The molecule has 1 aromatic rings. The van der Waals surface area contributed by atoms with E-state index in [2.05, 4.69) is 0 Å². The first-order valence-electron chi connectivity index (χ1n) is 5.39. The molecule has 0 aromatic heterocycles. The molecule has 0 amide bonds. The minimum absolute atomic E-state index is 0.0387. The van der Waals surface area contributed by atoms with E-state index in [-0.39, 0.29) is 28.6 Å². The summed E-state index contributed by atoms with van der Waals surface area (Å²) in [5, 5.41) is 18.4. The van der Waals surface area contributed by atoms with E-state index < -0.39 is 21.6 Å². The Hall–Kier alpha value is -1.15. The molecule has 1 saturated heterocycles. The minimum Gasteiger partial charge on any atom is -0.478 e. The van der Waals surface area contributed by atoms with Gasteiger partial charge < -0.3 is 10.2 Å². The number of benzene rings is 1. The van der Waals surface area contributed by atoms with Crippen LogP contribution in [0.5, 0.6) is 0 Å². The zero-order valence-electron chi connectivity index (χ0n) is 10.00. The van der Waals surface area contributed by atoms with Crippen LogP contribution >= 0.6 is 11.6 Å². The van der Waals surface area contributed by atoms with Crippen LogP contribution in [0.2, 0.25) is 5.02 Å². The fourth-order valence-electron chi connectivity index (χ4n) is 1.86. The van der Waals surface area contributed by atoms with Gasteiger partial charge in [0.25, 0.3) is 0 Å². The van der Waals surface area contributed by atoms with Crippen LogP contribution in [0.3, 0.4) is 0 Å². The van der Waals surface area contributed by atoms with Gasteiger partial charge in [-0.2, -0.15) is 4.31 Å². The maximum Gasteiger partial charge on any atom is 0.335 e. The van der Waals surface area contributed by atoms with E-state index in [1.165, 1.54) is 19.1 Å². The lowest BCUT2D eigenvalue weighted by Crippen LogP contribution is -2.61. The van der Waals surface area contributed by atoms with Crippen molar-refractivity contribution in [2.45, 2.75) is 17.4 Å². The average Bonchev–Trinajstić information content (AvgIpc) is 2.25. The number of sulfonamides is 1. The van der Waals surface area contributed by atoms with Crippen LogP contribution in [0.25, 0.3) is 0 Å². The predicted octanol–water partition coefficient (Wildman–Crippen LogP) is 0.793. The number of β-amino-alcohol motifs (C(OH)–C–C–N with tert-alkyl or cyclic N) is 1. The van der Waals surface area contributed by atoms with Crippen molar-refractivity contribution < 1.29 is 23.4 Å². The quantitative estimate of drug-likeness (QED) is 0.861. The summed E-state index contributed by atoms with van der Waals surface area (Å²) in [7, 11) is -3.88. The lowest BCUT2D eigenvalue weighted by molar-refractivity contribution is -0.0426. The predicted molar refractivity (Wildman–Crippen MR) is 67.8 cm³/mol. The van der Waals surface area contributed by atoms with E-state index in [9.17, 15) is 18.3 Å². The molecule has 0 aliphatic carbocycles. The molecule has 104 valence electrons. The molecule has 1 aliphatic heterocycles. The van der Waals surface area contributed by atoms with Crippen molar-refractivity contribution >= 4 is 27.6 Å². The number of carboxylic acids is 1. The summed E-state index contributed by atoms with van der Waals surface area (Å²) in [4.78, 5) is 10.6. The van der Waals surface area contributed by atoms with Crippen molar-refractivity contribution in [3.05, 3.63) is 28.8 Å². The molecule has 2 N–H and O–H groups in total. The second kappa shape index (κ2) is 4.45. The van der Waals surface area contributed by atoms with Gasteiger partial charge in [0.2, 0.25) is 10.0 Å². The van der Waals surface area contributed by atoms with Gasteiger partial charge in [0, 0.05) is 13.1 Å². The molecule has 0 bridgehead atoms. The van der Waals surface area contributed by atoms with Crippen molar-refractivity contribution in [3.63, 3.8) is 0 Å². The molecule has 0 saturated carbocycles. The summed E-state index contributed by atoms with van der Waals surface area (Å²) in [6.45, 7) is 1.44. The number of halogens is 1. The first kappa shape index (κ1) is 14.3. The van der Waals surface area contributed by atoms with Gasteiger partial charge in [-0.25, -0.2) is 13.2 Å². The summed E-state index contributed by atoms with van der Waals surface area (Å²) in [6.07, 6.45) is 0. The van der Waals surface area contributed by atoms with Gasteiger partial charge >= 0.3 is 5.97 Å². The van der Waals surface area contributed by atoms with E-state index in [0.717, 1.165) is 10.4 Å². The van der Waals surface area contributed by atoms with E-state index in [4.69, 9.17) is 16.7 Å². The zero-order valence-corrected chi connectivity index (χ0v) is 11.6. The lowest BCUT2D eigenvalue weighted by Gasteiger charge is -2.42. The molecule has 19 heavy (non-hydrogen) atoms. The van der Waals surface area contributed by atoms with E-state index >= 15 is 0 Å². The van der Waals surface area contributed by atoms with Crippen LogP contribution < -0.4 is 0 Å². The highest BCUT2D eigenvalue weighted by molar-refractivity contribution is 7.89. The van der Waals surface area contributed by atoms with Gasteiger partial charge in [0.15, 0.2) is 0 Å². The SMILES string of the molecule is CC1(O)CN(S(=O)(=O)c2cc(C(=O)O)ccc2Cl)C1. The number of aromatic carboxylic acids is 1. The fourth-order valence-corrected chi connectivity index (χ4v) is 4.03. The van der Waals surface area contributed by atoms with Crippen molar-refractivity contribution in [3.8, 4) is 0 Å². The molecule has 0 unspecified atom stereocenters. The lowest BCUT2D eigenvalue weighted by atomic mass is 10.0. The van der Waals surface area contributed by atoms with Crippen LogP contribution in [0.4, 0.5) is 0 Å². The Morgan fingerprint density at radius 1 is 1.42 bits per heavy atom. The number of carboxylic acid groups (broad SMARTS) is 1. The molecule has 6 nitrogen and oxygen atoms in total. The van der Waals surface area contributed by atoms with Gasteiger partial charge in [-0.15, -0.1) is 0 Å². The Labute approximate surface area is 115 Å². The first-order valence-corrected chi connectivity index (χ1v) is 7.21. The zero-order chi connectivity index (χ0) is 14.4. The van der Waals surface area contributed by atoms with Gasteiger partial charge in [0.05, 0.1) is 16.2 Å². The Balaban J connectivity index is 2.41. The van der Waals surface area contributed by atoms with E-state index in [1.807, 2.05) is 0 Å². The molecular weight excluding hydrogens is 294 g/mol. The highest BCUT2D eigenvalue weighted by Gasteiger charge is 2.44. The maximum absolute atomic E-state index is 12.2. The first-order chi connectivity index (χ1) is 8.63. The Kier molecular flexibility index (Phi) is 3.34. The smallest absolute Gasteiger partial charge is 0.335 e. The van der Waals surface area contributed by atoms with Gasteiger partial charge in [-0.1, -0.05) is 11.6 Å². The van der Waals surface area contributed by atoms with Crippen molar-refractivity contribution in [1.29, 1.82) is 0 Å². The topological polar surface area (TPSA) is 94.9 Å². The second-order valence-electron chi connectivity index (χ2n) is 4.72. The van der Waals surface area contributed by atoms with Gasteiger partial charge in [-0.3, -0.25) is 0 Å². The number of hydrogen-bond donors (Lipinski definition) is 2. The third-order valence-electron chi connectivity index (χ3n) is 2.83. The summed E-state index contributed by atoms with van der Waals surface area (Å²) in [5.41, 5.74) is -1.21. The average molecular weight is 306 g/mol. The van der Waals surface area contributed by atoms with Crippen molar-refractivity contribution in [2.75, 3.05) is 13.1 Å². The molecular formula is C11H12ClNO5S. The highest BCUT2D eigenvalue weighted by atomic mass is 35.5. The molecule has 1 heterocycles. The Bertz CT molecular complexity index is 632. The summed E-state index contributed by atoms with van der Waals surface area (Å²) in [6, 6.07) is 3.48. The monoisotopic (exact) mass is 305 g/mol. The van der Waals surface area contributed by atoms with Crippen LogP contribution in [0.15, 0.2) is 23.1 Å². The summed E-state index contributed by atoms with van der Waals surface area (Å²) < 4.78 is 25.5. The van der Waals surface area contributed by atoms with Crippen molar-refractivity contribution in [2.24, 2.45) is 0 Å². The van der Waals surface area contributed by atoms with E-state index in [0.29, 0.717) is 0 Å². The van der Waals surface area contributed by atoms with E-state index in [1.54, 1.807) is 0 Å². The minimum atomic E-state index is -3.88. The Morgan fingerprint density at radius 2 is 2.00 bits per heavy atom. The van der Waals surface area contributed by atoms with Crippen molar-refractivity contribution in [1.82, 2.24) is 4.31 Å². The highest BCUT2D eigenvalue weighted by Crippen LogP contribution is 2.31. The van der Waals surface area contributed by atoms with Crippen LogP contribution in [0, 0.1) is 0 Å². The Morgan fingerprint density at radius 3 is 2.47 bits per heavy atom. The number of carbonyl (C=O) groups is 1. The van der Waals surface area contributed by atoms with Gasteiger partial charge in [0.1, 0.15) is 4.90 Å². The molecule has 2 rings (SSSR count). The third-order valence-corrected chi connectivity index (χ3v) is 5.10. The number of nitrogens with zero attached hydrogens (tertiary/aromatic N) is 1. The molecule has 1 aromatic carbocycles. The molecule has 1 aliphatic rings. The largest absolute Gasteiger partial charge is 0.478 e. The molecule has 0 spiro atoms. The summed E-state index contributed by atoms with van der Waals surface area (Å²) in [5.74, 6) is -1.23. The second-order valence-corrected chi connectivity index (χ2v) is 7.03. The maximum atomic E-state index is 12.2. The number of hydrogen-bond acceptors (Lipinski definition) is 4.